The van der Waals surface area contributed by atoms with Gasteiger partial charge in [0.25, 0.3) is 0 Å². The van der Waals surface area contributed by atoms with Crippen LogP contribution in [0.25, 0.3) is 0 Å². The molecule has 74 valence electrons. The molecule has 1 heterocycles. The molecule has 1 aliphatic heterocycles. The molecular weight excluding hydrogens is 172 g/mol. The van der Waals surface area contributed by atoms with Gasteiger partial charge in [-0.2, -0.15) is 0 Å². The predicted molar refractivity (Wildman–Crippen MR) is 57.1 cm³/mol. The molecule has 0 saturated heterocycles. The van der Waals surface area contributed by atoms with Gasteiger partial charge in [-0.1, -0.05) is 19.9 Å². The fraction of sp³-hybridized carbons (Fsp3) is 0.538. The standard InChI is InChI=1S/C13H16O/c1-8-3-4-10-5-6-11-13(12(8)10)9(2)7-14-11/h5-6,8-9H,3-4,7H2,1-2H3/t8?,9-/m1/s1. The summed E-state index contributed by atoms with van der Waals surface area (Å²) in [5.41, 5.74) is 4.67. The molecule has 0 fully saturated rings. The summed E-state index contributed by atoms with van der Waals surface area (Å²) in [6.45, 7) is 5.49. The first-order valence-electron chi connectivity index (χ1n) is 5.56. The summed E-state index contributed by atoms with van der Waals surface area (Å²) in [7, 11) is 0. The Balaban J connectivity index is 2.24. The minimum atomic E-state index is 0.598. The summed E-state index contributed by atoms with van der Waals surface area (Å²) in [6.07, 6.45) is 2.58. The predicted octanol–water partition coefficient (Wildman–Crippen LogP) is 3.23. The van der Waals surface area contributed by atoms with E-state index in [1.165, 1.54) is 18.4 Å². The zero-order valence-electron chi connectivity index (χ0n) is 8.84. The van der Waals surface area contributed by atoms with E-state index in [-0.39, 0.29) is 0 Å². The Kier molecular flexibility index (Phi) is 1.64. The van der Waals surface area contributed by atoms with Gasteiger partial charge in [0.05, 0.1) is 6.61 Å². The highest BCUT2D eigenvalue weighted by Crippen LogP contribution is 2.45. The minimum absolute atomic E-state index is 0.598. The van der Waals surface area contributed by atoms with Gasteiger partial charge in [0.2, 0.25) is 0 Å². The van der Waals surface area contributed by atoms with Crippen molar-refractivity contribution in [1.29, 1.82) is 0 Å². The molecule has 0 spiro atoms. The second-order valence-corrected chi connectivity index (χ2v) is 4.70. The first kappa shape index (κ1) is 8.34. The normalized spacial score (nSPS) is 28.4. The van der Waals surface area contributed by atoms with Crippen LogP contribution in [0.2, 0.25) is 0 Å². The smallest absolute Gasteiger partial charge is 0.123 e. The van der Waals surface area contributed by atoms with Gasteiger partial charge in [-0.15, -0.1) is 0 Å². The lowest BCUT2D eigenvalue weighted by molar-refractivity contribution is 0.337. The molecule has 0 bridgehead atoms. The number of hydrogen-bond donors (Lipinski definition) is 0. The lowest BCUT2D eigenvalue weighted by atomic mass is 9.91. The zero-order valence-corrected chi connectivity index (χ0v) is 8.84. The molecule has 2 aliphatic rings. The van der Waals surface area contributed by atoms with Crippen molar-refractivity contribution in [2.75, 3.05) is 6.61 Å². The lowest BCUT2D eigenvalue weighted by Gasteiger charge is -2.12. The number of aryl methyl sites for hydroxylation is 1. The van der Waals surface area contributed by atoms with Gasteiger partial charge in [-0.3, -0.25) is 0 Å². The van der Waals surface area contributed by atoms with Crippen LogP contribution in [0, 0.1) is 0 Å². The first-order valence-corrected chi connectivity index (χ1v) is 5.56. The van der Waals surface area contributed by atoms with Crippen LogP contribution in [0.15, 0.2) is 12.1 Å². The Morgan fingerprint density at radius 1 is 1.14 bits per heavy atom. The third-order valence-corrected chi connectivity index (χ3v) is 3.66. The zero-order chi connectivity index (χ0) is 9.71. The second-order valence-electron chi connectivity index (χ2n) is 4.70. The monoisotopic (exact) mass is 188 g/mol. The molecule has 1 heteroatoms. The average Bonchev–Trinajstić information content (AvgIpc) is 2.72. The molecule has 0 amide bonds. The van der Waals surface area contributed by atoms with Gasteiger partial charge >= 0.3 is 0 Å². The summed E-state index contributed by atoms with van der Waals surface area (Å²) in [6, 6.07) is 4.42. The van der Waals surface area contributed by atoms with Crippen molar-refractivity contribution >= 4 is 0 Å². The molecule has 1 nitrogen and oxygen atoms in total. The Labute approximate surface area is 85.1 Å². The molecule has 2 atom stereocenters. The van der Waals surface area contributed by atoms with E-state index >= 15 is 0 Å². The summed E-state index contributed by atoms with van der Waals surface area (Å²) >= 11 is 0. The summed E-state index contributed by atoms with van der Waals surface area (Å²) in [5, 5.41) is 0. The minimum Gasteiger partial charge on any atom is -0.493 e. The van der Waals surface area contributed by atoms with Crippen molar-refractivity contribution in [3.05, 3.63) is 28.8 Å². The van der Waals surface area contributed by atoms with Crippen molar-refractivity contribution in [2.45, 2.75) is 38.5 Å². The van der Waals surface area contributed by atoms with Crippen LogP contribution >= 0.6 is 0 Å². The van der Waals surface area contributed by atoms with Crippen LogP contribution in [0.1, 0.15) is 48.8 Å². The molecule has 0 N–H and O–H groups in total. The molecule has 3 rings (SSSR count). The van der Waals surface area contributed by atoms with Crippen LogP contribution in [0.5, 0.6) is 5.75 Å². The van der Waals surface area contributed by atoms with Crippen molar-refractivity contribution < 1.29 is 4.74 Å². The molecule has 1 aliphatic carbocycles. The average molecular weight is 188 g/mol. The maximum atomic E-state index is 5.68. The van der Waals surface area contributed by atoms with Crippen LogP contribution in [-0.2, 0) is 6.42 Å². The number of rotatable bonds is 0. The fourth-order valence-corrected chi connectivity index (χ4v) is 2.91. The summed E-state index contributed by atoms with van der Waals surface area (Å²) in [4.78, 5) is 0. The maximum absolute atomic E-state index is 5.68. The van der Waals surface area contributed by atoms with E-state index in [0.717, 1.165) is 18.3 Å². The van der Waals surface area contributed by atoms with E-state index in [0.29, 0.717) is 5.92 Å². The van der Waals surface area contributed by atoms with E-state index < -0.39 is 0 Å². The molecule has 1 unspecified atom stereocenters. The number of fused-ring (bicyclic) bond motifs is 3. The summed E-state index contributed by atoms with van der Waals surface area (Å²) < 4.78 is 5.68. The largest absolute Gasteiger partial charge is 0.493 e. The number of ether oxygens (including phenoxy) is 1. The molecule has 1 aromatic rings. The van der Waals surface area contributed by atoms with E-state index in [9.17, 15) is 0 Å². The van der Waals surface area contributed by atoms with Gasteiger partial charge in [0.15, 0.2) is 0 Å². The van der Waals surface area contributed by atoms with Crippen LogP contribution in [0.3, 0.4) is 0 Å². The van der Waals surface area contributed by atoms with Gasteiger partial charge in [-0.05, 0) is 36.0 Å². The van der Waals surface area contributed by atoms with E-state index in [4.69, 9.17) is 4.74 Å². The van der Waals surface area contributed by atoms with Crippen molar-refractivity contribution in [1.82, 2.24) is 0 Å². The van der Waals surface area contributed by atoms with Gasteiger partial charge in [0.1, 0.15) is 5.75 Å². The van der Waals surface area contributed by atoms with E-state index in [1.807, 2.05) is 0 Å². The first-order chi connectivity index (χ1) is 6.77. The summed E-state index contributed by atoms with van der Waals surface area (Å²) in [5.74, 6) is 2.48. The number of benzene rings is 1. The quantitative estimate of drug-likeness (QED) is 0.607. The Morgan fingerprint density at radius 3 is 2.86 bits per heavy atom. The third kappa shape index (κ3) is 0.956. The highest BCUT2D eigenvalue weighted by Gasteiger charge is 2.30. The van der Waals surface area contributed by atoms with E-state index in [2.05, 4.69) is 26.0 Å². The van der Waals surface area contributed by atoms with Crippen molar-refractivity contribution in [3.8, 4) is 5.75 Å². The Hall–Kier alpha value is -0.980. The van der Waals surface area contributed by atoms with Gasteiger partial charge < -0.3 is 4.74 Å². The molecule has 14 heavy (non-hydrogen) atoms. The molecule has 0 saturated carbocycles. The SMILES string of the molecule is CC1CCc2ccc3c(c21)[C@H](C)CO3. The molecule has 0 radical (unpaired) electrons. The van der Waals surface area contributed by atoms with Gasteiger partial charge in [-0.25, -0.2) is 0 Å². The molecule has 1 aromatic carbocycles. The highest BCUT2D eigenvalue weighted by molar-refractivity contribution is 5.52. The van der Waals surface area contributed by atoms with Crippen molar-refractivity contribution in [2.24, 2.45) is 0 Å². The topological polar surface area (TPSA) is 9.23 Å². The highest BCUT2D eigenvalue weighted by atomic mass is 16.5. The lowest BCUT2D eigenvalue weighted by Crippen LogP contribution is -1.98. The van der Waals surface area contributed by atoms with Crippen LogP contribution < -0.4 is 4.74 Å². The maximum Gasteiger partial charge on any atom is 0.123 e. The van der Waals surface area contributed by atoms with Crippen LogP contribution in [0.4, 0.5) is 0 Å². The second kappa shape index (κ2) is 2.75. The van der Waals surface area contributed by atoms with Crippen LogP contribution in [-0.4, -0.2) is 6.61 Å². The molecular formula is C13H16O. The Bertz CT molecular complexity index is 344. The Morgan fingerprint density at radius 2 is 2.00 bits per heavy atom. The van der Waals surface area contributed by atoms with Gasteiger partial charge in [0, 0.05) is 11.5 Å². The van der Waals surface area contributed by atoms with E-state index in [1.54, 1.807) is 11.1 Å². The van der Waals surface area contributed by atoms with Crippen molar-refractivity contribution in [3.63, 3.8) is 0 Å². The third-order valence-electron chi connectivity index (χ3n) is 3.66. The molecule has 0 aromatic heterocycles. The fourth-order valence-electron chi connectivity index (χ4n) is 2.91. The number of hydrogen-bond acceptors (Lipinski definition) is 1.